The minimum absolute atomic E-state index is 0.0558. The van der Waals surface area contributed by atoms with Crippen LogP contribution >= 0.6 is 0 Å². The summed E-state index contributed by atoms with van der Waals surface area (Å²) in [6.45, 7) is 3.02. The van der Waals surface area contributed by atoms with E-state index in [0.717, 1.165) is 6.42 Å². The van der Waals surface area contributed by atoms with E-state index in [4.69, 9.17) is 5.73 Å². The highest BCUT2D eigenvalue weighted by Crippen LogP contribution is 2.23. The zero-order chi connectivity index (χ0) is 14.1. The number of carbonyl (C=O) groups is 2. The molecule has 3 rings (SSSR count). The molecule has 108 valence electrons. The van der Waals surface area contributed by atoms with Crippen molar-refractivity contribution in [2.24, 2.45) is 5.73 Å². The number of rotatable bonds is 3. The van der Waals surface area contributed by atoms with Gasteiger partial charge in [0.15, 0.2) is 0 Å². The van der Waals surface area contributed by atoms with E-state index in [-0.39, 0.29) is 17.9 Å². The lowest BCUT2D eigenvalue weighted by Crippen LogP contribution is -2.53. The molecule has 2 amide bonds. The Morgan fingerprint density at radius 3 is 3.10 bits per heavy atom. The summed E-state index contributed by atoms with van der Waals surface area (Å²) in [7, 11) is 0. The number of piperazine rings is 1. The fourth-order valence-corrected chi connectivity index (χ4v) is 2.95. The van der Waals surface area contributed by atoms with E-state index in [1.54, 1.807) is 17.4 Å². The molecule has 0 aromatic carbocycles. The van der Waals surface area contributed by atoms with Gasteiger partial charge in [-0.1, -0.05) is 0 Å². The SMILES string of the molecule is NCCn1cnc(C(=O)N2CCN3C(=O)CCC3C2)c1. The molecule has 2 N–H and O–H groups in total. The molecule has 1 unspecified atom stereocenters. The Labute approximate surface area is 117 Å². The van der Waals surface area contributed by atoms with Crippen molar-refractivity contribution in [3.8, 4) is 0 Å². The minimum Gasteiger partial charge on any atom is -0.336 e. The monoisotopic (exact) mass is 277 g/mol. The molecule has 1 aromatic heterocycles. The van der Waals surface area contributed by atoms with Crippen molar-refractivity contribution < 1.29 is 9.59 Å². The van der Waals surface area contributed by atoms with Crippen molar-refractivity contribution in [3.63, 3.8) is 0 Å². The first kappa shape index (κ1) is 13.1. The smallest absolute Gasteiger partial charge is 0.274 e. The van der Waals surface area contributed by atoms with E-state index in [9.17, 15) is 9.59 Å². The fourth-order valence-electron chi connectivity index (χ4n) is 2.95. The predicted octanol–water partition coefficient (Wildman–Crippen LogP) is -0.711. The normalized spacial score (nSPS) is 22.2. The highest BCUT2D eigenvalue weighted by Gasteiger charge is 2.37. The van der Waals surface area contributed by atoms with Crippen LogP contribution in [-0.2, 0) is 11.3 Å². The van der Waals surface area contributed by atoms with Crippen molar-refractivity contribution in [3.05, 3.63) is 18.2 Å². The van der Waals surface area contributed by atoms with Crippen LogP contribution in [0.5, 0.6) is 0 Å². The van der Waals surface area contributed by atoms with Crippen LogP contribution in [0.2, 0.25) is 0 Å². The van der Waals surface area contributed by atoms with Crippen molar-refractivity contribution >= 4 is 11.8 Å². The average Bonchev–Trinajstić information content (AvgIpc) is 3.06. The van der Waals surface area contributed by atoms with Crippen molar-refractivity contribution in [2.75, 3.05) is 26.2 Å². The summed E-state index contributed by atoms with van der Waals surface area (Å²) in [6.07, 6.45) is 4.83. The highest BCUT2D eigenvalue weighted by molar-refractivity contribution is 5.92. The summed E-state index contributed by atoms with van der Waals surface area (Å²) >= 11 is 0. The molecule has 7 heteroatoms. The van der Waals surface area contributed by atoms with E-state index in [0.29, 0.717) is 44.8 Å². The van der Waals surface area contributed by atoms with Crippen molar-refractivity contribution in [2.45, 2.75) is 25.4 Å². The Bertz CT molecular complexity index is 527. The molecular formula is C13H19N5O2. The van der Waals surface area contributed by atoms with Gasteiger partial charge in [0.25, 0.3) is 5.91 Å². The second-order valence-electron chi connectivity index (χ2n) is 5.32. The van der Waals surface area contributed by atoms with E-state index >= 15 is 0 Å². The zero-order valence-corrected chi connectivity index (χ0v) is 11.4. The molecule has 2 fully saturated rings. The maximum atomic E-state index is 12.4. The lowest BCUT2D eigenvalue weighted by atomic mass is 10.1. The first-order valence-electron chi connectivity index (χ1n) is 6.99. The molecule has 3 heterocycles. The molecule has 0 spiro atoms. The van der Waals surface area contributed by atoms with Gasteiger partial charge >= 0.3 is 0 Å². The number of fused-ring (bicyclic) bond motifs is 1. The fraction of sp³-hybridized carbons (Fsp3) is 0.615. The number of hydrogen-bond donors (Lipinski definition) is 1. The summed E-state index contributed by atoms with van der Waals surface area (Å²) in [5.41, 5.74) is 5.93. The van der Waals surface area contributed by atoms with E-state index in [1.165, 1.54) is 0 Å². The van der Waals surface area contributed by atoms with E-state index < -0.39 is 0 Å². The average molecular weight is 277 g/mol. The van der Waals surface area contributed by atoms with Gasteiger partial charge in [0, 0.05) is 51.4 Å². The molecule has 0 aliphatic carbocycles. The molecule has 0 bridgehead atoms. The molecule has 1 aromatic rings. The number of nitrogens with two attached hydrogens (primary N) is 1. The maximum Gasteiger partial charge on any atom is 0.274 e. The standard InChI is InChI=1S/C13H19N5O2/c14-3-4-16-8-11(15-9-16)13(20)17-5-6-18-10(7-17)1-2-12(18)19/h8-10H,1-7,14H2. The second kappa shape index (κ2) is 5.24. The molecule has 2 aliphatic heterocycles. The lowest BCUT2D eigenvalue weighted by Gasteiger charge is -2.37. The van der Waals surface area contributed by atoms with Crippen LogP contribution in [0, 0.1) is 0 Å². The number of hydrogen-bond acceptors (Lipinski definition) is 4. The third-order valence-corrected chi connectivity index (χ3v) is 4.02. The first-order valence-corrected chi connectivity index (χ1v) is 6.99. The predicted molar refractivity (Wildman–Crippen MR) is 71.9 cm³/mol. The van der Waals surface area contributed by atoms with Crippen LogP contribution < -0.4 is 5.73 Å². The van der Waals surface area contributed by atoms with Gasteiger partial charge in [-0.05, 0) is 6.42 Å². The van der Waals surface area contributed by atoms with Crippen LogP contribution in [0.1, 0.15) is 23.3 Å². The molecule has 7 nitrogen and oxygen atoms in total. The number of nitrogens with zero attached hydrogens (tertiary/aromatic N) is 4. The molecule has 20 heavy (non-hydrogen) atoms. The zero-order valence-electron chi connectivity index (χ0n) is 11.4. The number of carbonyl (C=O) groups excluding carboxylic acids is 2. The van der Waals surface area contributed by atoms with Gasteiger partial charge in [-0.25, -0.2) is 4.98 Å². The van der Waals surface area contributed by atoms with Crippen LogP contribution in [0.4, 0.5) is 0 Å². The van der Waals surface area contributed by atoms with Gasteiger partial charge in [-0.3, -0.25) is 9.59 Å². The third kappa shape index (κ3) is 2.29. The van der Waals surface area contributed by atoms with Crippen molar-refractivity contribution in [1.29, 1.82) is 0 Å². The van der Waals surface area contributed by atoms with Gasteiger partial charge < -0.3 is 20.1 Å². The van der Waals surface area contributed by atoms with Gasteiger partial charge in [-0.2, -0.15) is 0 Å². The molecule has 2 saturated heterocycles. The Morgan fingerprint density at radius 1 is 1.45 bits per heavy atom. The summed E-state index contributed by atoms with van der Waals surface area (Å²) < 4.78 is 1.82. The summed E-state index contributed by atoms with van der Waals surface area (Å²) in [6, 6.07) is 0.186. The summed E-state index contributed by atoms with van der Waals surface area (Å²) in [5, 5.41) is 0. The molecule has 0 radical (unpaired) electrons. The lowest BCUT2D eigenvalue weighted by molar-refractivity contribution is -0.130. The number of aromatic nitrogens is 2. The van der Waals surface area contributed by atoms with Crippen LogP contribution in [-0.4, -0.2) is 63.4 Å². The van der Waals surface area contributed by atoms with Crippen LogP contribution in [0.3, 0.4) is 0 Å². The van der Waals surface area contributed by atoms with Crippen LogP contribution in [0.25, 0.3) is 0 Å². The highest BCUT2D eigenvalue weighted by atomic mass is 16.2. The largest absolute Gasteiger partial charge is 0.336 e. The minimum atomic E-state index is -0.0558. The van der Waals surface area contributed by atoms with Gasteiger partial charge in [-0.15, -0.1) is 0 Å². The van der Waals surface area contributed by atoms with Crippen LogP contribution in [0.15, 0.2) is 12.5 Å². The number of imidazole rings is 1. The maximum absolute atomic E-state index is 12.4. The molecule has 2 aliphatic rings. The van der Waals surface area contributed by atoms with Gasteiger partial charge in [0.05, 0.1) is 6.33 Å². The topological polar surface area (TPSA) is 84.5 Å². The Hall–Kier alpha value is -1.89. The van der Waals surface area contributed by atoms with E-state index in [2.05, 4.69) is 4.98 Å². The Balaban J connectivity index is 1.67. The quantitative estimate of drug-likeness (QED) is 0.791. The second-order valence-corrected chi connectivity index (χ2v) is 5.32. The third-order valence-electron chi connectivity index (χ3n) is 4.02. The molecule has 1 atom stereocenters. The summed E-state index contributed by atoms with van der Waals surface area (Å²) in [5.74, 6) is 0.161. The van der Waals surface area contributed by atoms with Gasteiger partial charge in [0.1, 0.15) is 5.69 Å². The summed E-state index contributed by atoms with van der Waals surface area (Å²) in [4.78, 5) is 31.9. The first-order chi connectivity index (χ1) is 9.69. The molecule has 0 saturated carbocycles. The number of amides is 2. The molecular weight excluding hydrogens is 258 g/mol. The van der Waals surface area contributed by atoms with E-state index in [1.807, 2.05) is 9.47 Å². The Kier molecular flexibility index (Phi) is 3.43. The van der Waals surface area contributed by atoms with Crippen molar-refractivity contribution in [1.82, 2.24) is 19.4 Å². The Morgan fingerprint density at radius 2 is 2.30 bits per heavy atom. The van der Waals surface area contributed by atoms with Gasteiger partial charge in [0.2, 0.25) is 5.91 Å².